The summed E-state index contributed by atoms with van der Waals surface area (Å²) in [4.78, 5) is 21.6. The van der Waals surface area contributed by atoms with Crippen molar-refractivity contribution >= 4 is 11.6 Å². The van der Waals surface area contributed by atoms with Crippen molar-refractivity contribution in [2.45, 2.75) is 13.5 Å². The number of aliphatic hydroxyl groups excluding tert-OH is 1. The molecule has 8 nitrogen and oxygen atoms in total. The van der Waals surface area contributed by atoms with E-state index in [2.05, 4.69) is 10.4 Å². The van der Waals surface area contributed by atoms with Gasteiger partial charge in [0.2, 0.25) is 5.69 Å². The van der Waals surface area contributed by atoms with Crippen LogP contribution in [0.15, 0.2) is 6.20 Å². The van der Waals surface area contributed by atoms with Crippen LogP contribution in [0, 0.1) is 10.1 Å². The highest BCUT2D eigenvalue weighted by atomic mass is 16.6. The minimum atomic E-state index is -0.660. The van der Waals surface area contributed by atoms with Crippen LogP contribution >= 0.6 is 0 Å². The SMILES string of the molecule is CCn1ncc([N+](=O)[O-])c1C(=O)NCCO. The molecule has 0 saturated carbocycles. The summed E-state index contributed by atoms with van der Waals surface area (Å²) in [5, 5.41) is 25.3. The van der Waals surface area contributed by atoms with E-state index in [1.54, 1.807) is 6.92 Å². The first-order valence-corrected chi connectivity index (χ1v) is 4.71. The molecule has 88 valence electrons. The topological polar surface area (TPSA) is 110 Å². The number of aryl methyl sites for hydroxylation is 1. The van der Waals surface area contributed by atoms with Gasteiger partial charge >= 0.3 is 5.69 Å². The zero-order valence-electron chi connectivity index (χ0n) is 8.71. The van der Waals surface area contributed by atoms with Crippen LogP contribution < -0.4 is 5.32 Å². The fourth-order valence-corrected chi connectivity index (χ4v) is 1.24. The third-order valence-corrected chi connectivity index (χ3v) is 1.93. The van der Waals surface area contributed by atoms with Crippen molar-refractivity contribution in [2.24, 2.45) is 0 Å². The van der Waals surface area contributed by atoms with Gasteiger partial charge in [0, 0.05) is 13.1 Å². The normalized spacial score (nSPS) is 10.1. The van der Waals surface area contributed by atoms with Gasteiger partial charge in [0.15, 0.2) is 0 Å². The third-order valence-electron chi connectivity index (χ3n) is 1.93. The maximum absolute atomic E-state index is 11.6. The van der Waals surface area contributed by atoms with Crippen molar-refractivity contribution in [2.75, 3.05) is 13.2 Å². The Morgan fingerprint density at radius 2 is 2.44 bits per heavy atom. The van der Waals surface area contributed by atoms with Crippen LogP contribution in [0.2, 0.25) is 0 Å². The summed E-state index contributed by atoms with van der Waals surface area (Å²) >= 11 is 0. The van der Waals surface area contributed by atoms with Gasteiger partial charge in [-0.2, -0.15) is 5.10 Å². The van der Waals surface area contributed by atoms with Gasteiger partial charge in [0.25, 0.3) is 5.91 Å². The van der Waals surface area contributed by atoms with Gasteiger partial charge in [0.1, 0.15) is 6.20 Å². The van der Waals surface area contributed by atoms with Gasteiger partial charge in [-0.1, -0.05) is 0 Å². The lowest BCUT2D eigenvalue weighted by molar-refractivity contribution is -0.385. The molecular weight excluding hydrogens is 216 g/mol. The summed E-state index contributed by atoms with van der Waals surface area (Å²) in [6.45, 7) is 1.90. The van der Waals surface area contributed by atoms with Crippen molar-refractivity contribution in [1.29, 1.82) is 0 Å². The van der Waals surface area contributed by atoms with Crippen molar-refractivity contribution in [1.82, 2.24) is 15.1 Å². The lowest BCUT2D eigenvalue weighted by Crippen LogP contribution is -2.29. The second-order valence-corrected chi connectivity index (χ2v) is 2.93. The van der Waals surface area contributed by atoms with E-state index < -0.39 is 10.8 Å². The molecule has 0 saturated heterocycles. The van der Waals surface area contributed by atoms with Crippen LogP contribution in [0.25, 0.3) is 0 Å². The minimum absolute atomic E-state index is 0.0465. The first-order valence-electron chi connectivity index (χ1n) is 4.71. The van der Waals surface area contributed by atoms with E-state index in [4.69, 9.17) is 5.11 Å². The van der Waals surface area contributed by atoms with Crippen molar-refractivity contribution in [3.05, 3.63) is 22.0 Å². The molecule has 1 aromatic heterocycles. The summed E-state index contributed by atoms with van der Waals surface area (Å²) in [6, 6.07) is 0. The average Bonchev–Trinajstić information content (AvgIpc) is 2.69. The number of nitrogens with zero attached hydrogens (tertiary/aromatic N) is 3. The molecule has 0 bridgehead atoms. The molecule has 0 fully saturated rings. The molecule has 0 aliphatic carbocycles. The van der Waals surface area contributed by atoms with Gasteiger partial charge in [0.05, 0.1) is 11.5 Å². The van der Waals surface area contributed by atoms with Crippen LogP contribution in [0.1, 0.15) is 17.4 Å². The number of hydrogen-bond acceptors (Lipinski definition) is 5. The fraction of sp³-hybridized carbons (Fsp3) is 0.500. The van der Waals surface area contributed by atoms with Crippen LogP contribution in [-0.2, 0) is 6.54 Å². The number of hydrogen-bond donors (Lipinski definition) is 2. The van der Waals surface area contributed by atoms with E-state index in [9.17, 15) is 14.9 Å². The number of aliphatic hydroxyl groups is 1. The highest BCUT2D eigenvalue weighted by molar-refractivity contribution is 5.96. The van der Waals surface area contributed by atoms with Crippen LogP contribution in [0.4, 0.5) is 5.69 Å². The highest BCUT2D eigenvalue weighted by Crippen LogP contribution is 2.17. The van der Waals surface area contributed by atoms with Gasteiger partial charge in [-0.25, -0.2) is 0 Å². The van der Waals surface area contributed by atoms with Gasteiger partial charge in [-0.05, 0) is 6.92 Å². The molecule has 1 rings (SSSR count). The molecule has 0 aliphatic rings. The predicted octanol–water partition coefficient (Wildman–Crippen LogP) is -0.467. The van der Waals surface area contributed by atoms with E-state index in [1.165, 1.54) is 4.68 Å². The predicted molar refractivity (Wildman–Crippen MR) is 54.0 cm³/mol. The Kier molecular flexibility index (Phi) is 3.95. The highest BCUT2D eigenvalue weighted by Gasteiger charge is 2.25. The van der Waals surface area contributed by atoms with Crippen molar-refractivity contribution in [3.63, 3.8) is 0 Å². The molecule has 0 spiro atoms. The van der Waals surface area contributed by atoms with E-state index >= 15 is 0 Å². The van der Waals surface area contributed by atoms with Crippen LogP contribution in [-0.4, -0.2) is 38.9 Å². The summed E-state index contributed by atoms with van der Waals surface area (Å²) in [7, 11) is 0. The average molecular weight is 228 g/mol. The Morgan fingerprint density at radius 3 is 2.94 bits per heavy atom. The summed E-state index contributed by atoms with van der Waals surface area (Å²) in [5.74, 6) is -0.611. The lowest BCUT2D eigenvalue weighted by atomic mass is 10.3. The van der Waals surface area contributed by atoms with Gasteiger partial charge in [-0.3, -0.25) is 19.6 Å². The zero-order valence-corrected chi connectivity index (χ0v) is 8.71. The van der Waals surface area contributed by atoms with E-state index in [-0.39, 0.29) is 24.5 Å². The molecule has 1 aromatic rings. The van der Waals surface area contributed by atoms with Crippen molar-refractivity contribution in [3.8, 4) is 0 Å². The summed E-state index contributed by atoms with van der Waals surface area (Å²) in [6.07, 6.45) is 1.04. The second kappa shape index (κ2) is 5.21. The number of nitro groups is 1. The number of carbonyl (C=O) groups excluding carboxylic acids is 1. The smallest absolute Gasteiger partial charge is 0.320 e. The monoisotopic (exact) mass is 228 g/mol. The van der Waals surface area contributed by atoms with Crippen LogP contribution in [0.5, 0.6) is 0 Å². The number of carbonyl (C=O) groups is 1. The lowest BCUT2D eigenvalue weighted by Gasteiger charge is -2.04. The first-order chi connectivity index (χ1) is 7.61. The molecule has 0 radical (unpaired) electrons. The van der Waals surface area contributed by atoms with E-state index in [1.807, 2.05) is 0 Å². The van der Waals surface area contributed by atoms with Crippen LogP contribution in [0.3, 0.4) is 0 Å². The van der Waals surface area contributed by atoms with E-state index in [0.717, 1.165) is 6.20 Å². The Bertz CT molecular complexity index is 401. The second-order valence-electron chi connectivity index (χ2n) is 2.93. The molecule has 2 N–H and O–H groups in total. The Labute approximate surface area is 91.0 Å². The third kappa shape index (κ3) is 2.34. The quantitative estimate of drug-likeness (QED) is 0.523. The molecule has 16 heavy (non-hydrogen) atoms. The molecule has 0 atom stereocenters. The molecule has 8 heteroatoms. The zero-order chi connectivity index (χ0) is 12.1. The Hall–Kier alpha value is -1.96. The molecule has 0 unspecified atom stereocenters. The molecule has 0 aliphatic heterocycles. The maximum Gasteiger partial charge on any atom is 0.320 e. The molecular formula is C8H12N4O4. The van der Waals surface area contributed by atoms with E-state index in [0.29, 0.717) is 6.54 Å². The van der Waals surface area contributed by atoms with Gasteiger partial charge in [-0.15, -0.1) is 0 Å². The molecule has 0 aromatic carbocycles. The molecule has 1 heterocycles. The standard InChI is InChI=1S/C8H12N4O4/c1-2-11-7(8(14)9-3-4-13)6(5-10-11)12(15)16/h5,13H,2-4H2,1H3,(H,9,14). The number of nitrogens with one attached hydrogen (secondary N) is 1. The number of aromatic nitrogens is 2. The number of amides is 1. The van der Waals surface area contributed by atoms with Crippen molar-refractivity contribution < 1.29 is 14.8 Å². The van der Waals surface area contributed by atoms with Gasteiger partial charge < -0.3 is 10.4 Å². The summed E-state index contributed by atoms with van der Waals surface area (Å²) < 4.78 is 1.24. The first kappa shape index (κ1) is 12.1. The minimum Gasteiger partial charge on any atom is -0.395 e. The Balaban J connectivity index is 3.03. The maximum atomic E-state index is 11.6. The fourth-order valence-electron chi connectivity index (χ4n) is 1.24. The number of rotatable bonds is 5. The largest absolute Gasteiger partial charge is 0.395 e. The summed E-state index contributed by atoms with van der Waals surface area (Å²) in [5.41, 5.74) is -0.432. The Morgan fingerprint density at radius 1 is 1.75 bits per heavy atom. The molecule has 1 amide bonds.